The summed E-state index contributed by atoms with van der Waals surface area (Å²) in [6.07, 6.45) is 4.57. The molecule has 0 bridgehead atoms. The van der Waals surface area contributed by atoms with Crippen LogP contribution in [0.2, 0.25) is 0 Å². The fourth-order valence-electron chi connectivity index (χ4n) is 3.44. The summed E-state index contributed by atoms with van der Waals surface area (Å²) in [7, 11) is 3.52. The second-order valence-corrected chi connectivity index (χ2v) is 8.59. The third-order valence-electron chi connectivity index (χ3n) is 5.41. The third kappa shape index (κ3) is 5.35. The first-order valence-corrected chi connectivity index (χ1v) is 10.8. The van der Waals surface area contributed by atoms with Crippen molar-refractivity contribution >= 4 is 23.2 Å². The lowest BCUT2D eigenvalue weighted by Gasteiger charge is -2.43. The van der Waals surface area contributed by atoms with E-state index in [1.165, 1.54) is 29.7 Å². The summed E-state index contributed by atoms with van der Waals surface area (Å²) in [4.78, 5) is 19.4. The molecule has 1 heterocycles. The molecular formula is C22H30N4OS. The average Bonchev–Trinajstić information content (AvgIpc) is 3.18. The minimum Gasteiger partial charge on any atom is -0.356 e. The number of amides is 1. The van der Waals surface area contributed by atoms with E-state index in [9.17, 15) is 4.79 Å². The van der Waals surface area contributed by atoms with Crippen LogP contribution in [0, 0.1) is 0 Å². The molecule has 2 aromatic rings. The maximum Gasteiger partial charge on any atom is 0.243 e. The Bertz CT molecular complexity index is 767. The van der Waals surface area contributed by atoms with Crippen molar-refractivity contribution in [2.24, 2.45) is 4.99 Å². The number of hydrogen-bond acceptors (Lipinski definition) is 3. The van der Waals surface area contributed by atoms with Gasteiger partial charge in [-0.3, -0.25) is 4.79 Å². The topological polar surface area (TPSA) is 56.7 Å². The van der Waals surface area contributed by atoms with E-state index in [1.54, 1.807) is 30.3 Å². The maximum absolute atomic E-state index is 12.0. The van der Waals surface area contributed by atoms with Crippen molar-refractivity contribution in [2.45, 2.75) is 31.1 Å². The molecule has 1 aromatic carbocycles. The molecule has 1 amide bonds. The first kappa shape index (κ1) is 20.4. The molecule has 3 rings (SSSR count). The van der Waals surface area contributed by atoms with Crippen LogP contribution in [-0.2, 0) is 16.6 Å². The monoisotopic (exact) mass is 398 g/mol. The molecule has 5 nitrogen and oxygen atoms in total. The molecule has 28 heavy (non-hydrogen) atoms. The predicted molar refractivity (Wildman–Crippen MR) is 117 cm³/mol. The molecule has 1 fully saturated rings. The van der Waals surface area contributed by atoms with Gasteiger partial charge < -0.3 is 15.5 Å². The largest absolute Gasteiger partial charge is 0.356 e. The SMILES string of the molecule is CN(C)C(=O)CN=C(NCCc1cccs1)NCC1(c2ccccc2)CCC1. The van der Waals surface area contributed by atoms with Crippen molar-refractivity contribution in [3.8, 4) is 0 Å². The predicted octanol–water partition coefficient (Wildman–Crippen LogP) is 3.04. The van der Waals surface area contributed by atoms with Crippen LogP contribution in [0.15, 0.2) is 52.8 Å². The van der Waals surface area contributed by atoms with Gasteiger partial charge >= 0.3 is 0 Å². The van der Waals surface area contributed by atoms with E-state index in [0.29, 0.717) is 5.96 Å². The third-order valence-corrected chi connectivity index (χ3v) is 6.34. The van der Waals surface area contributed by atoms with Crippen LogP contribution >= 0.6 is 11.3 Å². The highest BCUT2D eigenvalue weighted by atomic mass is 32.1. The number of nitrogens with one attached hydrogen (secondary N) is 2. The fraction of sp³-hybridized carbons (Fsp3) is 0.455. The van der Waals surface area contributed by atoms with Crippen molar-refractivity contribution < 1.29 is 4.79 Å². The molecule has 150 valence electrons. The number of guanidine groups is 1. The van der Waals surface area contributed by atoms with Crippen molar-refractivity contribution in [1.29, 1.82) is 0 Å². The number of likely N-dealkylation sites (N-methyl/N-ethyl adjacent to an activating group) is 1. The number of benzene rings is 1. The van der Waals surface area contributed by atoms with Crippen LogP contribution < -0.4 is 10.6 Å². The van der Waals surface area contributed by atoms with Gasteiger partial charge in [0.1, 0.15) is 6.54 Å². The van der Waals surface area contributed by atoms with Crippen LogP contribution in [0.5, 0.6) is 0 Å². The van der Waals surface area contributed by atoms with Gasteiger partial charge in [0.15, 0.2) is 5.96 Å². The van der Waals surface area contributed by atoms with Crippen molar-refractivity contribution in [3.05, 3.63) is 58.3 Å². The highest BCUT2D eigenvalue weighted by Crippen LogP contribution is 2.43. The number of thiophene rings is 1. The first-order chi connectivity index (χ1) is 13.6. The average molecular weight is 399 g/mol. The molecule has 0 radical (unpaired) electrons. The van der Waals surface area contributed by atoms with Gasteiger partial charge in [-0.25, -0.2) is 4.99 Å². The maximum atomic E-state index is 12.0. The molecule has 0 saturated heterocycles. The summed E-state index contributed by atoms with van der Waals surface area (Å²) in [6, 6.07) is 14.9. The zero-order valence-corrected chi connectivity index (χ0v) is 17.6. The Hall–Kier alpha value is -2.34. The van der Waals surface area contributed by atoms with E-state index in [-0.39, 0.29) is 17.9 Å². The summed E-state index contributed by atoms with van der Waals surface area (Å²) in [5.41, 5.74) is 1.55. The molecule has 0 spiro atoms. The molecule has 6 heteroatoms. The lowest BCUT2D eigenvalue weighted by atomic mass is 9.64. The first-order valence-electron chi connectivity index (χ1n) is 9.89. The molecule has 1 aliphatic rings. The highest BCUT2D eigenvalue weighted by molar-refractivity contribution is 7.09. The zero-order chi connectivity index (χ0) is 19.8. The number of nitrogens with zero attached hydrogens (tertiary/aromatic N) is 2. The molecule has 0 unspecified atom stereocenters. The van der Waals surface area contributed by atoms with Gasteiger partial charge in [0.2, 0.25) is 5.91 Å². The Labute approximate surface area is 171 Å². The lowest BCUT2D eigenvalue weighted by molar-refractivity contribution is -0.127. The van der Waals surface area contributed by atoms with Crippen LogP contribution in [0.3, 0.4) is 0 Å². The van der Waals surface area contributed by atoms with Gasteiger partial charge in [-0.05, 0) is 36.3 Å². The van der Waals surface area contributed by atoms with Gasteiger partial charge in [-0.2, -0.15) is 0 Å². The summed E-state index contributed by atoms with van der Waals surface area (Å²) >= 11 is 1.76. The van der Waals surface area contributed by atoms with Gasteiger partial charge in [0.05, 0.1) is 0 Å². The smallest absolute Gasteiger partial charge is 0.243 e. The van der Waals surface area contributed by atoms with Gasteiger partial charge in [-0.15, -0.1) is 11.3 Å². The molecule has 1 saturated carbocycles. The number of rotatable bonds is 8. The van der Waals surface area contributed by atoms with Crippen molar-refractivity contribution in [2.75, 3.05) is 33.7 Å². The molecular weight excluding hydrogens is 368 g/mol. The zero-order valence-electron chi connectivity index (χ0n) is 16.8. The van der Waals surface area contributed by atoms with E-state index < -0.39 is 0 Å². The van der Waals surface area contributed by atoms with Gasteiger partial charge in [0.25, 0.3) is 0 Å². The number of aliphatic imine (C=N–C) groups is 1. The quantitative estimate of drug-likeness (QED) is 0.531. The summed E-state index contributed by atoms with van der Waals surface area (Å²) < 4.78 is 0. The second kappa shape index (κ2) is 9.73. The highest BCUT2D eigenvalue weighted by Gasteiger charge is 2.38. The summed E-state index contributed by atoms with van der Waals surface area (Å²) in [6.45, 7) is 1.78. The Morgan fingerprint density at radius 1 is 1.14 bits per heavy atom. The molecule has 0 atom stereocenters. The van der Waals surface area contributed by atoms with Crippen LogP contribution in [0.4, 0.5) is 0 Å². The van der Waals surface area contributed by atoms with E-state index in [2.05, 4.69) is 63.5 Å². The molecule has 1 aliphatic carbocycles. The second-order valence-electron chi connectivity index (χ2n) is 7.56. The number of carbonyl (C=O) groups is 1. The molecule has 2 N–H and O–H groups in total. The van der Waals surface area contributed by atoms with Gasteiger partial charge in [-0.1, -0.05) is 42.8 Å². The molecule has 0 aliphatic heterocycles. The van der Waals surface area contributed by atoms with E-state index in [0.717, 1.165) is 19.5 Å². The normalized spacial score (nSPS) is 15.6. The molecule has 1 aromatic heterocycles. The minimum atomic E-state index is 0.000716. The summed E-state index contributed by atoms with van der Waals surface area (Å²) in [5.74, 6) is 0.717. The van der Waals surface area contributed by atoms with Crippen LogP contribution in [-0.4, -0.2) is 50.5 Å². The van der Waals surface area contributed by atoms with Crippen LogP contribution in [0.25, 0.3) is 0 Å². The number of carbonyl (C=O) groups excluding carboxylic acids is 1. The summed E-state index contributed by atoms with van der Waals surface area (Å²) in [5, 5.41) is 9.00. The minimum absolute atomic E-state index is 0.000716. The fourth-order valence-corrected chi connectivity index (χ4v) is 4.15. The Morgan fingerprint density at radius 2 is 1.93 bits per heavy atom. The Morgan fingerprint density at radius 3 is 2.54 bits per heavy atom. The van der Waals surface area contributed by atoms with Crippen molar-refractivity contribution in [3.63, 3.8) is 0 Å². The van der Waals surface area contributed by atoms with Crippen molar-refractivity contribution in [1.82, 2.24) is 15.5 Å². The Kier molecular flexibility index (Phi) is 7.09. The standard InChI is InChI=1S/C22H30N4OS/c1-26(2)20(27)16-24-21(23-14-11-19-10-6-15-28-19)25-17-22(12-7-13-22)18-8-4-3-5-9-18/h3-6,8-10,15H,7,11-14,16-17H2,1-2H3,(H2,23,24,25). The van der Waals surface area contributed by atoms with E-state index >= 15 is 0 Å². The van der Waals surface area contributed by atoms with Gasteiger partial charge in [0, 0.05) is 37.5 Å². The van der Waals surface area contributed by atoms with Crippen LogP contribution in [0.1, 0.15) is 29.7 Å². The van der Waals surface area contributed by atoms with E-state index in [4.69, 9.17) is 0 Å². The Balaban J connectivity index is 1.62. The number of hydrogen-bond donors (Lipinski definition) is 2. The lowest BCUT2D eigenvalue weighted by Crippen LogP contribution is -2.49. The van der Waals surface area contributed by atoms with E-state index in [1.807, 2.05) is 0 Å².